The van der Waals surface area contributed by atoms with E-state index in [1.54, 1.807) is 0 Å². The highest BCUT2D eigenvalue weighted by atomic mass is 14.6. The van der Waals surface area contributed by atoms with Crippen LogP contribution in [0.5, 0.6) is 0 Å². The van der Waals surface area contributed by atoms with Crippen LogP contribution in [0.3, 0.4) is 0 Å². The van der Waals surface area contributed by atoms with Crippen LogP contribution in [0.25, 0.3) is 17.2 Å². The van der Waals surface area contributed by atoms with Crippen LogP contribution >= 0.6 is 0 Å². The van der Waals surface area contributed by atoms with Gasteiger partial charge in [-0.05, 0) is 60.1 Å². The summed E-state index contributed by atoms with van der Waals surface area (Å²) in [5.74, 6) is 0.833. The Hall–Kier alpha value is -2.89. The maximum atomic E-state index is 9.21. The van der Waals surface area contributed by atoms with Crippen LogP contribution in [0.1, 0.15) is 64.2 Å². The predicted octanol–water partition coefficient (Wildman–Crippen LogP) is 7.95. The maximum Gasteiger partial charge on any atom is 0.0998 e. The van der Waals surface area contributed by atoms with E-state index in [1.807, 2.05) is 55.5 Å². The Morgan fingerprint density at radius 3 is 2.26 bits per heavy atom. The monoisotopic (exact) mass is 416 g/mol. The number of nitrogens with two attached hydrogens (primary N) is 1. The lowest BCUT2D eigenvalue weighted by Gasteiger charge is -2.09. The molecule has 0 amide bonds. The average molecular weight is 417 g/mol. The second kappa shape index (κ2) is 16.9. The van der Waals surface area contributed by atoms with Gasteiger partial charge in [-0.25, -0.2) is 0 Å². The Balaban J connectivity index is 0.000000625. The summed E-state index contributed by atoms with van der Waals surface area (Å²) in [4.78, 5) is 0. The lowest BCUT2D eigenvalue weighted by Crippen LogP contribution is -2.14. The molecule has 2 N–H and O–H groups in total. The van der Waals surface area contributed by atoms with E-state index in [2.05, 4.69) is 65.1 Å². The molecule has 2 aromatic carbocycles. The van der Waals surface area contributed by atoms with Crippen molar-refractivity contribution in [3.8, 4) is 17.2 Å². The maximum absolute atomic E-state index is 9.21. The molecule has 2 aromatic rings. The van der Waals surface area contributed by atoms with Gasteiger partial charge in [-0.1, -0.05) is 95.3 Å². The van der Waals surface area contributed by atoms with E-state index in [-0.39, 0.29) is 6.04 Å². The minimum absolute atomic E-state index is 0.164. The first-order chi connectivity index (χ1) is 14.8. The normalized spacial score (nSPS) is 10.9. The molecule has 2 nitrogen and oxygen atoms in total. The lowest BCUT2D eigenvalue weighted by atomic mass is 9.95. The fourth-order valence-electron chi connectivity index (χ4n) is 2.78. The van der Waals surface area contributed by atoms with Crippen LogP contribution in [0.2, 0.25) is 0 Å². The van der Waals surface area contributed by atoms with Crippen LogP contribution in [-0.2, 0) is 6.42 Å². The fraction of sp³-hybridized carbons (Fsp3) is 0.345. The first kappa shape index (κ1) is 28.1. The van der Waals surface area contributed by atoms with Crippen molar-refractivity contribution in [1.29, 1.82) is 5.26 Å². The molecule has 0 aliphatic rings. The molecule has 2 heteroatoms. The minimum atomic E-state index is 0.164. The molecular formula is C29H40N2. The lowest BCUT2D eigenvalue weighted by molar-refractivity contribution is 0.737. The number of hydrogen-bond donors (Lipinski definition) is 1. The Bertz CT molecular complexity index is 851. The van der Waals surface area contributed by atoms with E-state index in [4.69, 9.17) is 5.73 Å². The Morgan fingerprint density at radius 1 is 1.10 bits per heavy atom. The molecule has 0 fully saturated rings. The number of nitrogens with zero attached hydrogens (tertiary/aromatic N) is 1. The van der Waals surface area contributed by atoms with Gasteiger partial charge >= 0.3 is 0 Å². The highest BCUT2D eigenvalue weighted by Gasteiger charge is 2.06. The van der Waals surface area contributed by atoms with Gasteiger partial charge in [-0.15, -0.1) is 6.58 Å². The van der Waals surface area contributed by atoms with Crippen molar-refractivity contribution in [2.75, 3.05) is 0 Å². The summed E-state index contributed by atoms with van der Waals surface area (Å²) in [6.45, 7) is 18.0. The Kier molecular flexibility index (Phi) is 15.3. The third-order valence-electron chi connectivity index (χ3n) is 4.03. The predicted molar refractivity (Wildman–Crippen MR) is 139 cm³/mol. The van der Waals surface area contributed by atoms with E-state index in [0.29, 0.717) is 5.56 Å². The van der Waals surface area contributed by atoms with E-state index < -0.39 is 0 Å². The Morgan fingerprint density at radius 2 is 1.74 bits per heavy atom. The van der Waals surface area contributed by atoms with Gasteiger partial charge in [-0.2, -0.15) is 5.26 Å². The molecule has 2 rings (SSSR count). The number of hydrogen-bond acceptors (Lipinski definition) is 2. The summed E-state index contributed by atoms with van der Waals surface area (Å²) in [6, 6.07) is 16.6. The second-order valence-electron chi connectivity index (χ2n) is 8.02. The van der Waals surface area contributed by atoms with Gasteiger partial charge in [0.1, 0.15) is 0 Å². The molecule has 0 saturated heterocycles. The molecule has 0 radical (unpaired) electrons. The van der Waals surface area contributed by atoms with Crippen molar-refractivity contribution in [2.45, 2.75) is 59.9 Å². The van der Waals surface area contributed by atoms with E-state index in [1.165, 1.54) is 5.56 Å². The van der Waals surface area contributed by atoms with Crippen molar-refractivity contribution in [2.24, 2.45) is 11.7 Å². The van der Waals surface area contributed by atoms with Crippen molar-refractivity contribution >= 4 is 6.08 Å². The molecule has 166 valence electrons. The number of aryl methyl sites for hydroxylation is 1. The van der Waals surface area contributed by atoms with Crippen LogP contribution in [0, 0.1) is 17.2 Å². The second-order valence-corrected chi connectivity index (χ2v) is 8.02. The quantitative estimate of drug-likeness (QED) is 0.465. The van der Waals surface area contributed by atoms with Crippen LogP contribution in [0.15, 0.2) is 73.9 Å². The summed E-state index contributed by atoms with van der Waals surface area (Å²) in [7, 11) is 0. The highest BCUT2D eigenvalue weighted by Crippen LogP contribution is 2.26. The SMILES string of the molecule is C=CCC(N)/C=C\C.C=Cc1cc(CCC)cc(-c2ccccc2C#N)c1.CC(C)C. The van der Waals surface area contributed by atoms with Crippen LogP contribution in [0.4, 0.5) is 0 Å². The molecule has 31 heavy (non-hydrogen) atoms. The van der Waals surface area contributed by atoms with Crippen LogP contribution in [-0.4, -0.2) is 6.04 Å². The van der Waals surface area contributed by atoms with Crippen molar-refractivity contribution in [1.82, 2.24) is 0 Å². The minimum Gasteiger partial charge on any atom is -0.324 e. The number of benzene rings is 2. The van der Waals surface area contributed by atoms with Gasteiger partial charge in [-0.3, -0.25) is 0 Å². The summed E-state index contributed by atoms with van der Waals surface area (Å²) < 4.78 is 0. The molecule has 1 atom stereocenters. The molecular weight excluding hydrogens is 376 g/mol. The summed E-state index contributed by atoms with van der Waals surface area (Å²) in [5, 5.41) is 9.21. The zero-order valence-corrected chi connectivity index (χ0v) is 20.1. The van der Waals surface area contributed by atoms with E-state index >= 15 is 0 Å². The first-order valence-corrected chi connectivity index (χ1v) is 11.1. The Labute approximate surface area is 190 Å². The number of rotatable bonds is 7. The van der Waals surface area contributed by atoms with Crippen molar-refractivity contribution in [3.63, 3.8) is 0 Å². The van der Waals surface area contributed by atoms with Crippen LogP contribution < -0.4 is 5.73 Å². The zero-order chi connectivity index (χ0) is 23.6. The van der Waals surface area contributed by atoms with Gasteiger partial charge in [0.2, 0.25) is 0 Å². The summed E-state index contributed by atoms with van der Waals surface area (Å²) in [5.41, 5.74) is 10.7. The van der Waals surface area contributed by atoms with Crippen molar-refractivity contribution in [3.05, 3.63) is 90.5 Å². The smallest absolute Gasteiger partial charge is 0.0998 e. The largest absolute Gasteiger partial charge is 0.324 e. The fourth-order valence-corrected chi connectivity index (χ4v) is 2.78. The van der Waals surface area contributed by atoms with Gasteiger partial charge in [0, 0.05) is 6.04 Å². The molecule has 0 aliphatic carbocycles. The molecule has 0 aromatic heterocycles. The molecule has 0 heterocycles. The topological polar surface area (TPSA) is 49.8 Å². The van der Waals surface area contributed by atoms with Gasteiger partial charge in [0.05, 0.1) is 11.6 Å². The zero-order valence-electron chi connectivity index (χ0n) is 20.1. The third kappa shape index (κ3) is 12.4. The molecule has 0 bridgehead atoms. The standard InChI is InChI=1S/C18H17N.C7H13N.C4H10/c1-3-7-15-10-14(4-2)11-17(12-15)18-9-6-5-8-16(18)13-19;1-3-5-7(8)6-4-2;1-4(2)3/h4-6,8-12H,2-3,7H2,1H3;3-4,6-7H,1,5,8H2,2H3;4H,1-3H3/b;6-4-;. The molecule has 0 saturated carbocycles. The number of allylic oxidation sites excluding steroid dienone is 1. The van der Waals surface area contributed by atoms with Gasteiger partial charge in [0.15, 0.2) is 0 Å². The van der Waals surface area contributed by atoms with Gasteiger partial charge < -0.3 is 5.73 Å². The molecule has 1 unspecified atom stereocenters. The van der Waals surface area contributed by atoms with Gasteiger partial charge in [0.25, 0.3) is 0 Å². The highest BCUT2D eigenvalue weighted by molar-refractivity contribution is 5.73. The average Bonchev–Trinajstić information content (AvgIpc) is 2.74. The molecule has 0 aliphatic heterocycles. The summed E-state index contributed by atoms with van der Waals surface area (Å²) in [6.07, 6.45) is 10.6. The van der Waals surface area contributed by atoms with E-state index in [0.717, 1.165) is 41.9 Å². The third-order valence-corrected chi connectivity index (χ3v) is 4.03. The summed E-state index contributed by atoms with van der Waals surface area (Å²) >= 11 is 0. The van der Waals surface area contributed by atoms with E-state index in [9.17, 15) is 5.26 Å². The number of nitriles is 1. The first-order valence-electron chi connectivity index (χ1n) is 11.1. The van der Waals surface area contributed by atoms with Crippen molar-refractivity contribution < 1.29 is 0 Å². The molecule has 0 spiro atoms.